The molecule has 0 atom stereocenters. The Balaban J connectivity index is 1.59. The Morgan fingerprint density at radius 1 is 1.13 bits per heavy atom. The maximum Gasteiger partial charge on any atom is 0.194 e. The topological polar surface area (TPSA) is 60.3 Å². The second-order valence-electron chi connectivity index (χ2n) is 8.16. The molecule has 3 rings (SSSR count). The number of nitrogens with zero attached hydrogens (tertiary/aromatic N) is 3. The Kier molecular flexibility index (Phi) is 8.74. The minimum absolute atomic E-state index is 0.122. The lowest BCUT2D eigenvalue weighted by atomic mass is 10.1. The SMILES string of the molecule is CCNC(=NCc1ccc(CN2CCC(O)CC2)cc1)N(C)Cc1ccccc1OC. The first kappa shape index (κ1) is 23.1. The summed E-state index contributed by atoms with van der Waals surface area (Å²) in [7, 11) is 3.75. The van der Waals surface area contributed by atoms with Crippen molar-refractivity contribution in [3.8, 4) is 5.75 Å². The van der Waals surface area contributed by atoms with Crippen LogP contribution in [0.2, 0.25) is 0 Å². The molecule has 2 aromatic carbocycles. The molecule has 0 amide bonds. The normalized spacial score (nSPS) is 15.7. The maximum absolute atomic E-state index is 9.67. The molecule has 0 radical (unpaired) electrons. The van der Waals surface area contributed by atoms with Gasteiger partial charge in [0.15, 0.2) is 5.96 Å². The van der Waals surface area contributed by atoms with Crippen molar-refractivity contribution in [2.45, 2.75) is 45.5 Å². The fourth-order valence-corrected chi connectivity index (χ4v) is 3.89. The molecule has 31 heavy (non-hydrogen) atoms. The first-order valence-corrected chi connectivity index (χ1v) is 11.2. The number of para-hydroxylation sites is 1. The lowest BCUT2D eigenvalue weighted by Crippen LogP contribution is -2.38. The fraction of sp³-hybridized carbons (Fsp3) is 0.480. The van der Waals surface area contributed by atoms with Gasteiger partial charge in [0, 0.05) is 45.3 Å². The first-order chi connectivity index (χ1) is 15.1. The van der Waals surface area contributed by atoms with Gasteiger partial charge in [-0.1, -0.05) is 42.5 Å². The highest BCUT2D eigenvalue weighted by Gasteiger charge is 2.16. The molecule has 0 unspecified atom stereocenters. The number of benzene rings is 2. The highest BCUT2D eigenvalue weighted by atomic mass is 16.5. The third-order valence-corrected chi connectivity index (χ3v) is 5.69. The second-order valence-corrected chi connectivity index (χ2v) is 8.16. The first-order valence-electron chi connectivity index (χ1n) is 11.2. The number of likely N-dealkylation sites (tertiary alicyclic amines) is 1. The van der Waals surface area contributed by atoms with Crippen molar-refractivity contribution in [1.82, 2.24) is 15.1 Å². The molecular formula is C25H36N4O2. The highest BCUT2D eigenvalue weighted by Crippen LogP contribution is 2.19. The van der Waals surface area contributed by atoms with Gasteiger partial charge in [-0.15, -0.1) is 0 Å². The number of methoxy groups -OCH3 is 1. The number of aliphatic hydroxyl groups excluding tert-OH is 1. The quantitative estimate of drug-likeness (QED) is 0.503. The van der Waals surface area contributed by atoms with Crippen molar-refractivity contribution in [2.75, 3.05) is 33.8 Å². The van der Waals surface area contributed by atoms with Crippen LogP contribution in [0, 0.1) is 0 Å². The van der Waals surface area contributed by atoms with E-state index in [0.717, 1.165) is 62.8 Å². The third-order valence-electron chi connectivity index (χ3n) is 5.69. The zero-order chi connectivity index (χ0) is 22.1. The number of ether oxygens (including phenoxy) is 1. The van der Waals surface area contributed by atoms with E-state index >= 15 is 0 Å². The Morgan fingerprint density at radius 2 is 1.81 bits per heavy atom. The number of aliphatic imine (C=N–C) groups is 1. The molecule has 0 saturated carbocycles. The van der Waals surface area contributed by atoms with Crippen LogP contribution in [-0.2, 0) is 19.6 Å². The molecule has 1 aliphatic heterocycles. The molecule has 1 fully saturated rings. The van der Waals surface area contributed by atoms with Crippen molar-refractivity contribution in [3.05, 3.63) is 65.2 Å². The number of guanidine groups is 1. The minimum atomic E-state index is -0.122. The van der Waals surface area contributed by atoms with Crippen LogP contribution < -0.4 is 10.1 Å². The number of hydrogen-bond acceptors (Lipinski definition) is 4. The smallest absolute Gasteiger partial charge is 0.194 e. The lowest BCUT2D eigenvalue weighted by Gasteiger charge is -2.29. The number of piperidine rings is 1. The molecule has 6 nitrogen and oxygen atoms in total. The average molecular weight is 425 g/mol. The van der Waals surface area contributed by atoms with Crippen molar-refractivity contribution in [3.63, 3.8) is 0 Å². The predicted octanol–water partition coefficient (Wildman–Crippen LogP) is 3.25. The van der Waals surface area contributed by atoms with Gasteiger partial charge in [-0.3, -0.25) is 4.90 Å². The van der Waals surface area contributed by atoms with Crippen LogP contribution in [0.4, 0.5) is 0 Å². The Bertz CT molecular complexity index is 830. The van der Waals surface area contributed by atoms with E-state index in [4.69, 9.17) is 9.73 Å². The van der Waals surface area contributed by atoms with E-state index in [0.29, 0.717) is 6.54 Å². The molecule has 2 aromatic rings. The number of hydrogen-bond donors (Lipinski definition) is 2. The molecule has 1 heterocycles. The van der Waals surface area contributed by atoms with Gasteiger partial charge < -0.3 is 20.1 Å². The van der Waals surface area contributed by atoms with E-state index < -0.39 is 0 Å². The highest BCUT2D eigenvalue weighted by molar-refractivity contribution is 5.79. The van der Waals surface area contributed by atoms with Gasteiger partial charge in [0.1, 0.15) is 5.75 Å². The van der Waals surface area contributed by atoms with E-state index in [9.17, 15) is 5.11 Å². The molecule has 0 aromatic heterocycles. The fourth-order valence-electron chi connectivity index (χ4n) is 3.89. The van der Waals surface area contributed by atoms with Gasteiger partial charge in [0.2, 0.25) is 0 Å². The molecule has 2 N–H and O–H groups in total. The van der Waals surface area contributed by atoms with E-state index in [-0.39, 0.29) is 6.10 Å². The molecule has 1 saturated heterocycles. The predicted molar refractivity (Wildman–Crippen MR) is 126 cm³/mol. The van der Waals surface area contributed by atoms with Crippen LogP contribution in [0.3, 0.4) is 0 Å². The number of nitrogens with one attached hydrogen (secondary N) is 1. The largest absolute Gasteiger partial charge is 0.496 e. The summed E-state index contributed by atoms with van der Waals surface area (Å²) in [6.45, 7) is 7.14. The molecule has 0 spiro atoms. The van der Waals surface area contributed by atoms with Crippen LogP contribution in [0.25, 0.3) is 0 Å². The third kappa shape index (κ3) is 6.97. The van der Waals surface area contributed by atoms with Crippen molar-refractivity contribution in [1.29, 1.82) is 0 Å². The van der Waals surface area contributed by atoms with Gasteiger partial charge in [-0.05, 0) is 37.0 Å². The van der Waals surface area contributed by atoms with Gasteiger partial charge in [-0.2, -0.15) is 0 Å². The summed E-state index contributed by atoms with van der Waals surface area (Å²) in [5.41, 5.74) is 3.64. The van der Waals surface area contributed by atoms with Crippen LogP contribution >= 0.6 is 0 Å². The summed E-state index contributed by atoms with van der Waals surface area (Å²) in [6.07, 6.45) is 1.63. The van der Waals surface area contributed by atoms with Gasteiger partial charge in [0.05, 0.1) is 19.8 Å². The van der Waals surface area contributed by atoms with Crippen molar-refractivity contribution in [2.24, 2.45) is 4.99 Å². The summed E-state index contributed by atoms with van der Waals surface area (Å²) in [6, 6.07) is 16.8. The van der Waals surface area contributed by atoms with E-state index in [1.165, 1.54) is 11.1 Å². The average Bonchev–Trinajstić information content (AvgIpc) is 2.79. The van der Waals surface area contributed by atoms with Crippen LogP contribution in [0.15, 0.2) is 53.5 Å². The summed E-state index contributed by atoms with van der Waals surface area (Å²) < 4.78 is 5.48. The molecular weight excluding hydrogens is 388 g/mol. The monoisotopic (exact) mass is 424 g/mol. The molecule has 0 bridgehead atoms. The second kappa shape index (κ2) is 11.7. The van der Waals surface area contributed by atoms with Gasteiger partial charge in [0.25, 0.3) is 0 Å². The number of aliphatic hydroxyl groups is 1. The minimum Gasteiger partial charge on any atom is -0.496 e. The zero-order valence-electron chi connectivity index (χ0n) is 19.1. The molecule has 1 aliphatic rings. The van der Waals surface area contributed by atoms with E-state index in [1.54, 1.807) is 7.11 Å². The standard InChI is InChI=1S/C25H36N4O2/c1-4-26-25(28(2)19-22-7-5-6-8-24(22)31-3)27-17-20-9-11-21(12-10-20)18-29-15-13-23(30)14-16-29/h5-12,23,30H,4,13-19H2,1-3H3,(H,26,27). The summed E-state index contributed by atoms with van der Waals surface area (Å²) in [4.78, 5) is 9.38. The zero-order valence-corrected chi connectivity index (χ0v) is 19.1. The lowest BCUT2D eigenvalue weighted by molar-refractivity contribution is 0.0792. The molecule has 0 aliphatic carbocycles. The van der Waals surface area contributed by atoms with Crippen LogP contribution in [0.5, 0.6) is 5.75 Å². The Morgan fingerprint density at radius 3 is 2.48 bits per heavy atom. The molecule has 168 valence electrons. The molecule has 6 heteroatoms. The van der Waals surface area contributed by atoms with Gasteiger partial charge >= 0.3 is 0 Å². The van der Waals surface area contributed by atoms with Crippen molar-refractivity contribution >= 4 is 5.96 Å². The maximum atomic E-state index is 9.67. The van der Waals surface area contributed by atoms with Crippen LogP contribution in [-0.4, -0.2) is 60.8 Å². The van der Waals surface area contributed by atoms with E-state index in [2.05, 4.69) is 52.4 Å². The van der Waals surface area contributed by atoms with Crippen molar-refractivity contribution < 1.29 is 9.84 Å². The summed E-state index contributed by atoms with van der Waals surface area (Å²) in [5.74, 6) is 1.77. The number of rotatable bonds is 8. The van der Waals surface area contributed by atoms with Crippen LogP contribution in [0.1, 0.15) is 36.5 Å². The Hall–Kier alpha value is -2.57. The Labute approximate surface area is 186 Å². The van der Waals surface area contributed by atoms with Gasteiger partial charge in [-0.25, -0.2) is 4.99 Å². The van der Waals surface area contributed by atoms with E-state index in [1.807, 2.05) is 25.2 Å². The summed E-state index contributed by atoms with van der Waals surface area (Å²) in [5, 5.41) is 13.1. The summed E-state index contributed by atoms with van der Waals surface area (Å²) >= 11 is 0.